The Bertz CT molecular complexity index is 209. The molecule has 0 aliphatic carbocycles. The molecule has 1 N–H and O–H groups in total. The van der Waals surface area contributed by atoms with Gasteiger partial charge in [0.05, 0.1) is 0 Å². The molecule has 0 amide bonds. The molecule has 12 heavy (non-hydrogen) atoms. The highest BCUT2D eigenvalue weighted by Gasteiger charge is 2.25. The Balaban J connectivity index is 4.54. The molecule has 0 aliphatic rings. The summed E-state index contributed by atoms with van der Waals surface area (Å²) in [6.07, 6.45) is 0.417. The highest BCUT2D eigenvalue weighted by molar-refractivity contribution is 7.86. The molecule has 5 heteroatoms. The van der Waals surface area contributed by atoms with E-state index in [0.29, 0.717) is 19.5 Å². The molecule has 0 heterocycles. The molecule has 74 valence electrons. The summed E-state index contributed by atoms with van der Waals surface area (Å²) in [7, 11) is -3.91. The minimum absolute atomic E-state index is 0.417. The van der Waals surface area contributed by atoms with Gasteiger partial charge in [0.1, 0.15) is 5.37 Å². The third-order valence-electron chi connectivity index (χ3n) is 1.91. The van der Waals surface area contributed by atoms with Gasteiger partial charge in [-0.3, -0.25) is 9.45 Å². The first-order valence-corrected chi connectivity index (χ1v) is 5.68. The van der Waals surface area contributed by atoms with E-state index in [2.05, 4.69) is 0 Å². The van der Waals surface area contributed by atoms with Gasteiger partial charge in [0, 0.05) is 0 Å². The van der Waals surface area contributed by atoms with E-state index < -0.39 is 15.5 Å². The van der Waals surface area contributed by atoms with Gasteiger partial charge in [-0.1, -0.05) is 20.8 Å². The Morgan fingerprint density at radius 3 is 1.75 bits per heavy atom. The molecule has 0 spiro atoms. The van der Waals surface area contributed by atoms with E-state index >= 15 is 0 Å². The van der Waals surface area contributed by atoms with Gasteiger partial charge in [0.25, 0.3) is 10.1 Å². The first kappa shape index (κ1) is 11.9. The Morgan fingerprint density at radius 1 is 1.25 bits per heavy atom. The van der Waals surface area contributed by atoms with E-state index in [0.717, 1.165) is 0 Å². The van der Waals surface area contributed by atoms with Gasteiger partial charge < -0.3 is 0 Å². The fraction of sp³-hybridized carbons (Fsp3) is 1.00. The SMILES string of the molecule is CC[C@@H](N(CC)CC)S(=O)(=O)O. The molecule has 0 fully saturated rings. The second kappa shape index (κ2) is 4.79. The summed E-state index contributed by atoms with van der Waals surface area (Å²) in [6, 6.07) is 0. The Labute approximate surface area is 74.3 Å². The van der Waals surface area contributed by atoms with Crippen LogP contribution in [0.25, 0.3) is 0 Å². The van der Waals surface area contributed by atoms with Crippen molar-refractivity contribution in [3.63, 3.8) is 0 Å². The standard InChI is InChI=1S/C7H17NO3S/c1-4-7(12(9,10)11)8(5-2)6-3/h7H,4-6H2,1-3H3,(H,9,10,11)/t7-/m0/s1. The van der Waals surface area contributed by atoms with E-state index in [4.69, 9.17) is 4.55 Å². The van der Waals surface area contributed by atoms with Gasteiger partial charge in [0.2, 0.25) is 0 Å². The summed E-state index contributed by atoms with van der Waals surface area (Å²) in [5.41, 5.74) is 0. The summed E-state index contributed by atoms with van der Waals surface area (Å²) >= 11 is 0. The van der Waals surface area contributed by atoms with Gasteiger partial charge in [-0.15, -0.1) is 0 Å². The summed E-state index contributed by atoms with van der Waals surface area (Å²) in [5.74, 6) is 0. The van der Waals surface area contributed by atoms with Crippen molar-refractivity contribution < 1.29 is 13.0 Å². The minimum atomic E-state index is -3.91. The van der Waals surface area contributed by atoms with E-state index in [1.54, 1.807) is 11.8 Å². The van der Waals surface area contributed by atoms with E-state index in [9.17, 15) is 8.42 Å². The molecule has 0 aromatic carbocycles. The highest BCUT2D eigenvalue weighted by atomic mass is 32.2. The molecule has 0 aromatic heterocycles. The molecule has 0 saturated heterocycles. The molecular weight excluding hydrogens is 178 g/mol. The van der Waals surface area contributed by atoms with Crippen LogP contribution in [0.15, 0.2) is 0 Å². The molecule has 0 radical (unpaired) electrons. The zero-order chi connectivity index (χ0) is 9.78. The van der Waals surface area contributed by atoms with Crippen LogP contribution in [-0.4, -0.2) is 36.3 Å². The minimum Gasteiger partial charge on any atom is -0.286 e. The lowest BCUT2D eigenvalue weighted by Crippen LogP contribution is -2.40. The van der Waals surface area contributed by atoms with E-state index in [1.165, 1.54) is 0 Å². The molecule has 0 aliphatic heterocycles. The zero-order valence-corrected chi connectivity index (χ0v) is 8.63. The van der Waals surface area contributed by atoms with Crippen molar-refractivity contribution in [1.82, 2.24) is 4.90 Å². The first-order valence-electron chi connectivity index (χ1n) is 4.17. The van der Waals surface area contributed by atoms with Crippen LogP contribution in [0, 0.1) is 0 Å². The average Bonchev–Trinajstić information content (AvgIpc) is 1.97. The summed E-state index contributed by atoms with van der Waals surface area (Å²) < 4.78 is 30.5. The second-order valence-corrected chi connectivity index (χ2v) is 4.17. The molecule has 0 saturated carbocycles. The fourth-order valence-electron chi connectivity index (χ4n) is 1.29. The topological polar surface area (TPSA) is 57.6 Å². The summed E-state index contributed by atoms with van der Waals surface area (Å²) in [6.45, 7) is 6.76. The van der Waals surface area contributed by atoms with Gasteiger partial charge in [-0.25, -0.2) is 0 Å². The lowest BCUT2D eigenvalue weighted by atomic mass is 10.4. The van der Waals surface area contributed by atoms with Crippen molar-refractivity contribution in [2.75, 3.05) is 13.1 Å². The number of nitrogens with zero attached hydrogens (tertiary/aromatic N) is 1. The molecule has 0 aromatic rings. The van der Waals surface area contributed by atoms with Crippen LogP contribution in [0.4, 0.5) is 0 Å². The summed E-state index contributed by atoms with van der Waals surface area (Å²) in [4.78, 5) is 1.72. The van der Waals surface area contributed by atoms with Gasteiger partial charge >= 0.3 is 0 Å². The Kier molecular flexibility index (Phi) is 4.74. The van der Waals surface area contributed by atoms with Gasteiger partial charge in [-0.05, 0) is 19.5 Å². The van der Waals surface area contributed by atoms with Crippen LogP contribution >= 0.6 is 0 Å². The quantitative estimate of drug-likeness (QED) is 0.664. The maximum absolute atomic E-state index is 10.8. The molecule has 1 atom stereocenters. The number of rotatable bonds is 5. The van der Waals surface area contributed by atoms with Crippen molar-refractivity contribution in [3.05, 3.63) is 0 Å². The van der Waals surface area contributed by atoms with Crippen molar-refractivity contribution in [2.24, 2.45) is 0 Å². The number of hydrogen-bond acceptors (Lipinski definition) is 3. The van der Waals surface area contributed by atoms with Crippen molar-refractivity contribution in [2.45, 2.75) is 32.6 Å². The molecule has 4 nitrogen and oxygen atoms in total. The lowest BCUT2D eigenvalue weighted by molar-refractivity contribution is 0.255. The van der Waals surface area contributed by atoms with Crippen LogP contribution in [0.1, 0.15) is 27.2 Å². The first-order chi connectivity index (χ1) is 5.47. The third kappa shape index (κ3) is 3.08. The monoisotopic (exact) mass is 195 g/mol. The maximum Gasteiger partial charge on any atom is 0.281 e. The Morgan fingerprint density at radius 2 is 1.67 bits per heavy atom. The van der Waals surface area contributed by atoms with Crippen LogP contribution < -0.4 is 0 Å². The van der Waals surface area contributed by atoms with Crippen LogP contribution in [0.2, 0.25) is 0 Å². The molecule has 0 rings (SSSR count). The molecular formula is C7H17NO3S. The van der Waals surface area contributed by atoms with E-state index in [1.807, 2.05) is 13.8 Å². The largest absolute Gasteiger partial charge is 0.286 e. The third-order valence-corrected chi connectivity index (χ3v) is 3.23. The Hall–Kier alpha value is -0.130. The van der Waals surface area contributed by atoms with Crippen molar-refractivity contribution in [3.8, 4) is 0 Å². The van der Waals surface area contributed by atoms with E-state index in [-0.39, 0.29) is 0 Å². The van der Waals surface area contributed by atoms with Crippen LogP contribution in [0.5, 0.6) is 0 Å². The highest BCUT2D eigenvalue weighted by Crippen LogP contribution is 2.09. The predicted molar refractivity (Wildman–Crippen MR) is 48.5 cm³/mol. The van der Waals surface area contributed by atoms with Crippen LogP contribution in [-0.2, 0) is 10.1 Å². The van der Waals surface area contributed by atoms with Crippen LogP contribution in [0.3, 0.4) is 0 Å². The number of hydrogen-bond donors (Lipinski definition) is 1. The molecule has 0 unspecified atom stereocenters. The smallest absolute Gasteiger partial charge is 0.281 e. The average molecular weight is 195 g/mol. The molecule has 0 bridgehead atoms. The second-order valence-electron chi connectivity index (χ2n) is 2.60. The fourth-order valence-corrected chi connectivity index (χ4v) is 2.38. The van der Waals surface area contributed by atoms with Gasteiger partial charge in [-0.2, -0.15) is 8.42 Å². The normalized spacial score (nSPS) is 15.1. The lowest BCUT2D eigenvalue weighted by Gasteiger charge is -2.25. The van der Waals surface area contributed by atoms with Gasteiger partial charge in [0.15, 0.2) is 0 Å². The van der Waals surface area contributed by atoms with Crippen molar-refractivity contribution >= 4 is 10.1 Å². The summed E-state index contributed by atoms with van der Waals surface area (Å²) in [5, 5.41) is -0.743. The predicted octanol–water partition coefficient (Wildman–Crippen LogP) is 0.952. The van der Waals surface area contributed by atoms with Crippen molar-refractivity contribution in [1.29, 1.82) is 0 Å². The maximum atomic E-state index is 10.8. The zero-order valence-electron chi connectivity index (χ0n) is 7.82.